The molecule has 1 saturated carbocycles. The first-order chi connectivity index (χ1) is 5.22. The van der Waals surface area contributed by atoms with Gasteiger partial charge in [0.2, 0.25) is 0 Å². The van der Waals surface area contributed by atoms with Gasteiger partial charge in [-0.05, 0) is 0 Å². The van der Waals surface area contributed by atoms with Crippen LogP contribution < -0.4 is 0 Å². The number of halogens is 2. The van der Waals surface area contributed by atoms with Gasteiger partial charge in [0.15, 0.2) is 0 Å². The molecule has 0 saturated heterocycles. The Morgan fingerprint density at radius 3 is 1.45 bits per heavy atom. The Morgan fingerprint density at radius 1 is 1.00 bits per heavy atom. The summed E-state index contributed by atoms with van der Waals surface area (Å²) in [5.41, 5.74) is 14.6. The molecule has 0 heterocycles. The smallest absolute Gasteiger partial charge is 0.0548 e. The summed E-state index contributed by atoms with van der Waals surface area (Å²) in [5, 5.41) is 0. The van der Waals surface area contributed by atoms with Gasteiger partial charge in [0.25, 0.3) is 0 Å². The Hall–Kier alpha value is 1.57. The van der Waals surface area contributed by atoms with Crippen LogP contribution in [0.3, 0.4) is 0 Å². The summed E-state index contributed by atoms with van der Waals surface area (Å²) >= 11 is 6.56. The zero-order valence-corrected chi connectivity index (χ0v) is 11.5. The van der Waals surface area contributed by atoms with Gasteiger partial charge in [0, 0.05) is 0 Å². The van der Waals surface area contributed by atoms with E-state index >= 15 is 0 Å². The fourth-order valence-electron chi connectivity index (χ4n) is 1.13. The second-order valence-electron chi connectivity index (χ2n) is 2.54. The second kappa shape index (κ2) is 8.18. The van der Waals surface area contributed by atoms with Crippen LogP contribution in [-0.4, -0.2) is 12.1 Å². The molecule has 1 unspecified atom stereocenters. The van der Waals surface area contributed by atoms with Crippen LogP contribution in [0.5, 0.6) is 0 Å². The third kappa shape index (κ3) is 6.70. The first-order valence-electron chi connectivity index (χ1n) is 3.47. The van der Waals surface area contributed by atoms with Crippen molar-refractivity contribution in [2.24, 2.45) is 0 Å². The van der Waals surface area contributed by atoms with Crippen LogP contribution in [0.4, 0.5) is 0 Å². The van der Waals surface area contributed by atoms with Crippen LogP contribution in [-0.2, 0) is 14.5 Å². The van der Waals surface area contributed by atoms with E-state index in [9.17, 15) is 0 Å². The van der Waals surface area contributed by atoms with Crippen molar-refractivity contribution < 1.29 is 14.5 Å². The number of hydrogen-bond donors (Lipinski definition) is 0. The molecule has 0 aliphatic heterocycles. The Labute approximate surface area is 89.7 Å². The molecule has 2 atom stereocenters. The van der Waals surface area contributed by atoms with E-state index in [0.717, 1.165) is 12.8 Å². The molecular formula is C6H12Br2N2Pt. The Kier molecular flexibility index (Phi) is 9.35. The molecule has 5 heteroatoms. The SMILES string of the molecule is [Br][Pt+2][Br].[NH-]C1CCCC[C@@H]1[NH-]. The molecule has 1 fully saturated rings. The number of hydrogen-bond acceptors (Lipinski definition) is 0. The van der Waals surface area contributed by atoms with E-state index in [1.165, 1.54) is 12.8 Å². The van der Waals surface area contributed by atoms with Crippen LogP contribution in [0.2, 0.25) is 0 Å². The monoisotopic (exact) mass is 465 g/mol. The maximum absolute atomic E-state index is 7.29. The zero-order valence-electron chi connectivity index (χ0n) is 6.06. The van der Waals surface area contributed by atoms with Crippen molar-refractivity contribution in [2.75, 3.05) is 0 Å². The van der Waals surface area contributed by atoms with E-state index in [-0.39, 0.29) is 26.5 Å². The Morgan fingerprint density at radius 2 is 1.27 bits per heavy atom. The van der Waals surface area contributed by atoms with Crippen molar-refractivity contribution in [3.63, 3.8) is 0 Å². The van der Waals surface area contributed by atoms with Crippen molar-refractivity contribution in [1.29, 1.82) is 0 Å². The molecule has 1 aliphatic rings. The van der Waals surface area contributed by atoms with Crippen LogP contribution >= 0.6 is 26.6 Å². The van der Waals surface area contributed by atoms with Gasteiger partial charge in [-0.1, -0.05) is 25.7 Å². The molecule has 0 amide bonds. The van der Waals surface area contributed by atoms with Gasteiger partial charge in [0.1, 0.15) is 0 Å². The third-order valence-corrected chi connectivity index (χ3v) is 1.77. The van der Waals surface area contributed by atoms with E-state index < -0.39 is 0 Å². The van der Waals surface area contributed by atoms with Gasteiger partial charge >= 0.3 is 41.0 Å². The molecule has 0 aromatic heterocycles. The maximum atomic E-state index is 7.29. The minimum absolute atomic E-state index is 0.0799. The first kappa shape index (κ1) is 12.6. The maximum Gasteiger partial charge on any atom is -0.0548 e. The number of rotatable bonds is 0. The predicted octanol–water partition coefficient (Wildman–Crippen LogP) is 4.09. The Bertz CT molecular complexity index is 84.7. The van der Waals surface area contributed by atoms with Crippen LogP contribution in [0.1, 0.15) is 25.7 Å². The summed E-state index contributed by atoms with van der Waals surface area (Å²) in [7, 11) is 0. The molecule has 0 bridgehead atoms. The van der Waals surface area contributed by atoms with Crippen molar-refractivity contribution in [2.45, 2.75) is 37.8 Å². The molecular weight excluding hydrogens is 455 g/mol. The third-order valence-electron chi connectivity index (χ3n) is 1.77. The predicted molar refractivity (Wildman–Crippen MR) is 52.5 cm³/mol. The largest absolute Gasteiger partial charge is 0.676 e. The first-order valence-corrected chi connectivity index (χ1v) is 13.4. The summed E-state index contributed by atoms with van der Waals surface area (Å²) in [6, 6.07) is -0.160. The van der Waals surface area contributed by atoms with Crippen LogP contribution in [0.15, 0.2) is 0 Å². The molecule has 2 N–H and O–H groups in total. The molecule has 0 aromatic rings. The zero-order chi connectivity index (χ0) is 8.69. The fraction of sp³-hybridized carbons (Fsp3) is 1.00. The standard InChI is InChI=1S/C6H12N2.2BrH.Pt/c7-5-3-1-2-4-6(5)8;;;/h5-8H,1-4H2;2*1H;/q-2;;;+4/p-2/t5-,6?;;;/m0.../s1. The minimum Gasteiger partial charge on any atom is -0.676 e. The summed E-state index contributed by atoms with van der Waals surface area (Å²) in [5.74, 6) is 0. The Balaban J connectivity index is 0.000000292. The van der Waals surface area contributed by atoms with Gasteiger partial charge in [-0.3, -0.25) is 0 Å². The molecule has 0 radical (unpaired) electrons. The topological polar surface area (TPSA) is 47.6 Å². The van der Waals surface area contributed by atoms with Crippen LogP contribution in [0, 0.1) is 0 Å². The summed E-state index contributed by atoms with van der Waals surface area (Å²) in [6.07, 6.45) is 4.25. The van der Waals surface area contributed by atoms with E-state index in [4.69, 9.17) is 11.5 Å². The van der Waals surface area contributed by atoms with Gasteiger partial charge in [0.05, 0.1) is 0 Å². The summed E-state index contributed by atoms with van der Waals surface area (Å²) < 4.78 is 0. The average Bonchev–Trinajstić information content (AvgIpc) is 1.97. The molecule has 11 heavy (non-hydrogen) atoms. The fourth-order valence-corrected chi connectivity index (χ4v) is 1.13. The van der Waals surface area contributed by atoms with Gasteiger partial charge < -0.3 is 11.5 Å². The van der Waals surface area contributed by atoms with Crippen molar-refractivity contribution in [1.82, 2.24) is 0 Å². The summed E-state index contributed by atoms with van der Waals surface area (Å²) in [4.78, 5) is 0. The van der Waals surface area contributed by atoms with Crippen LogP contribution in [0.25, 0.3) is 11.5 Å². The normalized spacial score (nSPS) is 30.9. The van der Waals surface area contributed by atoms with Crippen molar-refractivity contribution in [3.05, 3.63) is 11.5 Å². The molecule has 1 rings (SSSR count). The van der Waals surface area contributed by atoms with E-state index in [1.807, 2.05) is 0 Å². The molecule has 0 spiro atoms. The minimum atomic E-state index is -0.0799. The second-order valence-corrected chi connectivity index (χ2v) is 12.5. The van der Waals surface area contributed by atoms with Gasteiger partial charge in [-0.2, -0.15) is 12.1 Å². The molecule has 1 aliphatic carbocycles. The van der Waals surface area contributed by atoms with Crippen molar-refractivity contribution in [3.8, 4) is 0 Å². The summed E-state index contributed by atoms with van der Waals surface area (Å²) in [6.45, 7) is 0. The average molecular weight is 467 g/mol. The van der Waals surface area contributed by atoms with Gasteiger partial charge in [-0.25, -0.2) is 0 Å². The quantitative estimate of drug-likeness (QED) is 0.516. The van der Waals surface area contributed by atoms with Gasteiger partial charge in [-0.15, -0.1) is 0 Å². The van der Waals surface area contributed by atoms with Crippen molar-refractivity contribution >= 4 is 26.6 Å². The molecule has 0 aromatic carbocycles. The van der Waals surface area contributed by atoms with E-state index in [2.05, 4.69) is 26.6 Å². The molecule has 70 valence electrons. The van der Waals surface area contributed by atoms with E-state index in [1.54, 1.807) is 0 Å². The molecule has 2 nitrogen and oxygen atoms in total. The number of nitrogens with one attached hydrogen (secondary N) is 2. The van der Waals surface area contributed by atoms with E-state index in [0.29, 0.717) is 0 Å².